The Kier molecular flexibility index (Phi) is 5.74. The average Bonchev–Trinajstić information content (AvgIpc) is 3.43. The van der Waals surface area contributed by atoms with Crippen LogP contribution < -0.4 is 0 Å². The molecule has 0 bridgehead atoms. The van der Waals surface area contributed by atoms with Crippen LogP contribution in [0.1, 0.15) is 30.6 Å². The maximum Gasteiger partial charge on any atom is 0.162 e. The van der Waals surface area contributed by atoms with Crippen molar-refractivity contribution in [3.8, 4) is 22.3 Å². The molecule has 6 heteroatoms. The van der Waals surface area contributed by atoms with E-state index >= 15 is 0 Å². The molecular formula is C26H28N4O2. The molecule has 1 unspecified atom stereocenters. The lowest BCUT2D eigenvalue weighted by Crippen LogP contribution is -2.24. The van der Waals surface area contributed by atoms with Crippen molar-refractivity contribution >= 4 is 5.65 Å². The molecule has 1 aliphatic rings. The van der Waals surface area contributed by atoms with Gasteiger partial charge in [0.25, 0.3) is 0 Å². The molecule has 2 N–H and O–H groups in total. The second-order valence-corrected chi connectivity index (χ2v) is 8.66. The minimum absolute atomic E-state index is 0.162. The van der Waals surface area contributed by atoms with Gasteiger partial charge in [0.2, 0.25) is 0 Å². The molecule has 0 radical (unpaired) electrons. The number of aliphatic hydroxyl groups excluding tert-OH is 2. The van der Waals surface area contributed by atoms with Crippen LogP contribution in [0.4, 0.5) is 0 Å². The van der Waals surface area contributed by atoms with Gasteiger partial charge < -0.3 is 15.1 Å². The largest absolute Gasteiger partial charge is 0.392 e. The molecule has 2 atom stereocenters. The van der Waals surface area contributed by atoms with Crippen molar-refractivity contribution in [1.82, 2.24) is 19.5 Å². The van der Waals surface area contributed by atoms with E-state index < -0.39 is 6.10 Å². The van der Waals surface area contributed by atoms with E-state index in [1.807, 2.05) is 47.4 Å². The van der Waals surface area contributed by atoms with Crippen molar-refractivity contribution in [3.05, 3.63) is 78.2 Å². The monoisotopic (exact) mass is 428 g/mol. The number of hydrogen-bond donors (Lipinski definition) is 2. The summed E-state index contributed by atoms with van der Waals surface area (Å²) in [6, 6.07) is 16.5. The van der Waals surface area contributed by atoms with Gasteiger partial charge in [0.05, 0.1) is 18.4 Å². The molecule has 4 aromatic rings. The van der Waals surface area contributed by atoms with Crippen LogP contribution in [-0.4, -0.2) is 55.4 Å². The summed E-state index contributed by atoms with van der Waals surface area (Å²) in [4.78, 5) is 7.02. The second kappa shape index (κ2) is 8.82. The van der Waals surface area contributed by atoms with E-state index in [1.165, 1.54) is 5.56 Å². The Bertz CT molecular complexity index is 1220. The van der Waals surface area contributed by atoms with Crippen molar-refractivity contribution in [2.45, 2.75) is 32.0 Å². The van der Waals surface area contributed by atoms with E-state index in [4.69, 9.17) is 4.98 Å². The molecule has 0 amide bonds. The molecule has 6 nitrogen and oxygen atoms in total. The van der Waals surface area contributed by atoms with Gasteiger partial charge in [0, 0.05) is 43.2 Å². The second-order valence-electron chi connectivity index (χ2n) is 8.66. The van der Waals surface area contributed by atoms with Gasteiger partial charge >= 0.3 is 0 Å². The first-order chi connectivity index (χ1) is 15.6. The third kappa shape index (κ3) is 4.30. The van der Waals surface area contributed by atoms with E-state index in [9.17, 15) is 10.2 Å². The van der Waals surface area contributed by atoms with Crippen molar-refractivity contribution in [3.63, 3.8) is 0 Å². The lowest BCUT2D eigenvalue weighted by atomic mass is 10.0. The smallest absolute Gasteiger partial charge is 0.162 e. The predicted molar refractivity (Wildman–Crippen MR) is 125 cm³/mol. The molecule has 0 saturated carbocycles. The molecule has 0 spiro atoms. The van der Waals surface area contributed by atoms with Crippen molar-refractivity contribution in [1.29, 1.82) is 0 Å². The highest BCUT2D eigenvalue weighted by molar-refractivity contribution is 5.78. The first-order valence-corrected chi connectivity index (χ1v) is 11.2. The maximum absolute atomic E-state index is 9.89. The zero-order valence-corrected chi connectivity index (χ0v) is 18.2. The molecule has 2 aromatic heterocycles. The van der Waals surface area contributed by atoms with Crippen LogP contribution in [0.15, 0.2) is 67.1 Å². The number of β-amino-alcohol motifs (C(OH)–C–C–N with tert-alkyl or cyclic N) is 1. The summed E-state index contributed by atoms with van der Waals surface area (Å²) >= 11 is 0. The number of aromatic nitrogens is 3. The van der Waals surface area contributed by atoms with Crippen molar-refractivity contribution in [2.24, 2.45) is 0 Å². The van der Waals surface area contributed by atoms with Gasteiger partial charge in [-0.25, -0.2) is 9.50 Å². The summed E-state index contributed by atoms with van der Waals surface area (Å²) in [5, 5.41) is 24.1. The van der Waals surface area contributed by atoms with Gasteiger partial charge in [-0.15, -0.1) is 0 Å². The molecule has 164 valence electrons. The van der Waals surface area contributed by atoms with Crippen LogP contribution in [-0.2, 0) is 6.42 Å². The fourth-order valence-corrected chi connectivity index (χ4v) is 4.36. The normalized spacial score (nSPS) is 17.8. The molecule has 1 saturated heterocycles. The van der Waals surface area contributed by atoms with Crippen molar-refractivity contribution < 1.29 is 10.2 Å². The quantitative estimate of drug-likeness (QED) is 0.490. The summed E-state index contributed by atoms with van der Waals surface area (Å²) in [6.07, 6.45) is 6.91. The Morgan fingerprint density at radius 1 is 1.06 bits per heavy atom. The lowest BCUT2D eigenvalue weighted by molar-refractivity contribution is 0.177. The molecule has 1 fully saturated rings. The Hall–Kier alpha value is -3.06. The fourth-order valence-electron chi connectivity index (χ4n) is 4.36. The molecule has 2 aromatic carbocycles. The van der Waals surface area contributed by atoms with E-state index in [1.54, 1.807) is 6.92 Å². The zero-order chi connectivity index (χ0) is 22.1. The van der Waals surface area contributed by atoms with Gasteiger partial charge in [-0.05, 0) is 48.1 Å². The van der Waals surface area contributed by atoms with E-state index in [0.717, 1.165) is 65.9 Å². The summed E-state index contributed by atoms with van der Waals surface area (Å²) < 4.78 is 1.81. The Morgan fingerprint density at radius 2 is 1.91 bits per heavy atom. The van der Waals surface area contributed by atoms with Crippen LogP contribution in [0.2, 0.25) is 0 Å². The van der Waals surface area contributed by atoms with Crippen molar-refractivity contribution in [2.75, 3.05) is 19.6 Å². The Labute approximate surface area is 187 Å². The number of nitrogens with zero attached hydrogens (tertiary/aromatic N) is 4. The van der Waals surface area contributed by atoms with E-state index in [-0.39, 0.29) is 6.10 Å². The topological polar surface area (TPSA) is 73.9 Å². The molecule has 32 heavy (non-hydrogen) atoms. The van der Waals surface area contributed by atoms with Gasteiger partial charge in [-0.1, -0.05) is 42.5 Å². The Balaban J connectivity index is 1.34. The molecule has 0 aliphatic carbocycles. The van der Waals surface area contributed by atoms with Crippen LogP contribution in [0.5, 0.6) is 0 Å². The number of benzene rings is 2. The van der Waals surface area contributed by atoms with Gasteiger partial charge in [0.1, 0.15) is 0 Å². The number of rotatable bonds is 6. The number of aliphatic hydroxyl groups is 2. The van der Waals surface area contributed by atoms with Crippen LogP contribution in [0.3, 0.4) is 0 Å². The number of likely N-dealkylation sites (tertiary alicyclic amines) is 1. The highest BCUT2D eigenvalue weighted by atomic mass is 16.3. The predicted octanol–water partition coefficient (Wildman–Crippen LogP) is 3.73. The SMILES string of the molecule is C[C@@H](O)c1cccc(-c2cnn3cc(-c4ccc(CCN5CCC(O)C5)cc4)cnc23)c1. The summed E-state index contributed by atoms with van der Waals surface area (Å²) in [5.74, 6) is 0. The van der Waals surface area contributed by atoms with Gasteiger partial charge in [-0.3, -0.25) is 0 Å². The highest BCUT2D eigenvalue weighted by Crippen LogP contribution is 2.28. The molecule has 5 rings (SSSR count). The van der Waals surface area contributed by atoms with Crippen LogP contribution in [0.25, 0.3) is 27.9 Å². The zero-order valence-electron chi connectivity index (χ0n) is 18.2. The van der Waals surface area contributed by atoms with E-state index in [2.05, 4.69) is 34.3 Å². The number of fused-ring (bicyclic) bond motifs is 1. The Morgan fingerprint density at radius 3 is 2.66 bits per heavy atom. The molecular weight excluding hydrogens is 400 g/mol. The standard InChI is InChI=1S/C26H28N4O2/c1-18(31)21-3-2-4-22(13-21)25-15-28-30-16-23(14-27-26(25)30)20-7-5-19(6-8-20)9-11-29-12-10-24(32)17-29/h2-8,13-16,18,24,31-32H,9-12,17H2,1H3/t18-,24?/m1/s1. The van der Waals surface area contributed by atoms with Gasteiger partial charge in [-0.2, -0.15) is 5.10 Å². The van der Waals surface area contributed by atoms with E-state index in [0.29, 0.717) is 0 Å². The summed E-state index contributed by atoms with van der Waals surface area (Å²) in [5.41, 5.74) is 7.02. The third-order valence-corrected chi connectivity index (χ3v) is 6.29. The van der Waals surface area contributed by atoms with Crippen LogP contribution in [0, 0.1) is 0 Å². The average molecular weight is 429 g/mol. The maximum atomic E-state index is 9.89. The third-order valence-electron chi connectivity index (χ3n) is 6.29. The first kappa shape index (κ1) is 20.8. The molecule has 3 heterocycles. The molecule has 1 aliphatic heterocycles. The highest BCUT2D eigenvalue weighted by Gasteiger charge is 2.19. The summed E-state index contributed by atoms with van der Waals surface area (Å²) in [7, 11) is 0. The number of hydrogen-bond acceptors (Lipinski definition) is 5. The first-order valence-electron chi connectivity index (χ1n) is 11.2. The lowest BCUT2D eigenvalue weighted by Gasteiger charge is -2.14. The summed E-state index contributed by atoms with van der Waals surface area (Å²) in [6.45, 7) is 4.52. The minimum Gasteiger partial charge on any atom is -0.392 e. The minimum atomic E-state index is -0.513. The van der Waals surface area contributed by atoms with Gasteiger partial charge in [0.15, 0.2) is 5.65 Å². The van der Waals surface area contributed by atoms with Crippen LogP contribution >= 0.6 is 0 Å². The fraction of sp³-hybridized carbons (Fsp3) is 0.308.